The van der Waals surface area contributed by atoms with E-state index in [1.807, 2.05) is 0 Å². The van der Waals surface area contributed by atoms with Crippen LogP contribution in [-0.4, -0.2) is 42.9 Å². The number of nitrogens with zero attached hydrogens (tertiary/aromatic N) is 1. The first kappa shape index (κ1) is 13.1. The third kappa shape index (κ3) is 2.27. The van der Waals surface area contributed by atoms with Crippen LogP contribution in [0.5, 0.6) is 0 Å². The number of hydrogen-bond acceptors (Lipinski definition) is 1. The van der Waals surface area contributed by atoms with Gasteiger partial charge < -0.3 is 33.2 Å². The standard InChI is InChI=1S/C13H24NO.HI/c1-14(9-2-3-10-14)12-8-7-11-5-4-6-13(12)15-11;/h11-13H,2-10H2,1H3;1H/q+1;/p-1. The fourth-order valence-electron chi connectivity index (χ4n) is 4.07. The maximum absolute atomic E-state index is 6.20. The summed E-state index contributed by atoms with van der Waals surface area (Å²) in [6.45, 7) is 2.80. The molecule has 3 atom stereocenters. The average Bonchev–Trinajstić information content (AvgIpc) is 2.66. The molecule has 3 rings (SSSR count). The van der Waals surface area contributed by atoms with E-state index in [0.29, 0.717) is 12.2 Å². The molecule has 3 heterocycles. The van der Waals surface area contributed by atoms with Gasteiger partial charge in [0.25, 0.3) is 0 Å². The van der Waals surface area contributed by atoms with Crippen molar-refractivity contribution in [1.82, 2.24) is 0 Å². The van der Waals surface area contributed by atoms with Crippen LogP contribution in [0.15, 0.2) is 0 Å². The highest BCUT2D eigenvalue weighted by Crippen LogP contribution is 2.37. The van der Waals surface area contributed by atoms with Crippen LogP contribution >= 0.6 is 0 Å². The van der Waals surface area contributed by atoms with Crippen LogP contribution in [0.4, 0.5) is 0 Å². The number of quaternary nitrogens is 1. The Bertz CT molecular complexity index is 240. The van der Waals surface area contributed by atoms with E-state index >= 15 is 0 Å². The van der Waals surface area contributed by atoms with Crippen molar-refractivity contribution in [1.29, 1.82) is 0 Å². The maximum Gasteiger partial charge on any atom is 0.115 e. The minimum atomic E-state index is 0. The molecule has 3 saturated heterocycles. The Kier molecular flexibility index (Phi) is 4.18. The molecule has 16 heavy (non-hydrogen) atoms. The molecule has 3 heteroatoms. The van der Waals surface area contributed by atoms with Gasteiger partial charge in [-0.2, -0.15) is 0 Å². The molecule has 0 amide bonds. The number of ether oxygens (including phenoxy) is 1. The molecule has 3 unspecified atom stereocenters. The summed E-state index contributed by atoms with van der Waals surface area (Å²) in [5, 5.41) is 0. The van der Waals surface area contributed by atoms with E-state index in [1.165, 1.54) is 62.5 Å². The number of hydrogen-bond donors (Lipinski definition) is 0. The van der Waals surface area contributed by atoms with Crippen molar-refractivity contribution in [2.24, 2.45) is 0 Å². The highest BCUT2D eigenvalue weighted by Gasteiger charge is 2.45. The first-order valence-electron chi connectivity index (χ1n) is 6.78. The quantitative estimate of drug-likeness (QED) is 0.456. The van der Waals surface area contributed by atoms with E-state index in [1.54, 1.807) is 0 Å². The number of likely N-dealkylation sites (tertiary alicyclic amines) is 1. The van der Waals surface area contributed by atoms with E-state index in [9.17, 15) is 0 Å². The zero-order chi connectivity index (χ0) is 10.3. The second-order valence-electron chi connectivity index (χ2n) is 6.01. The molecular weight excluding hydrogens is 313 g/mol. The molecule has 0 radical (unpaired) electrons. The molecule has 94 valence electrons. The van der Waals surface area contributed by atoms with Crippen molar-refractivity contribution >= 4 is 0 Å². The van der Waals surface area contributed by atoms with Gasteiger partial charge in [-0.1, -0.05) is 0 Å². The van der Waals surface area contributed by atoms with E-state index in [-0.39, 0.29) is 24.0 Å². The zero-order valence-corrected chi connectivity index (χ0v) is 12.5. The highest BCUT2D eigenvalue weighted by molar-refractivity contribution is 4.85. The average molecular weight is 337 g/mol. The molecule has 0 aromatic rings. The molecule has 0 aromatic heterocycles. The van der Waals surface area contributed by atoms with Crippen LogP contribution < -0.4 is 24.0 Å². The summed E-state index contributed by atoms with van der Waals surface area (Å²) in [5.41, 5.74) is 0. The number of rotatable bonds is 1. The van der Waals surface area contributed by atoms with Gasteiger partial charge in [0.1, 0.15) is 12.1 Å². The van der Waals surface area contributed by atoms with Crippen LogP contribution in [0.25, 0.3) is 0 Å². The van der Waals surface area contributed by atoms with Crippen molar-refractivity contribution in [3.8, 4) is 0 Å². The molecule has 0 aromatic carbocycles. The van der Waals surface area contributed by atoms with E-state index < -0.39 is 0 Å². The maximum atomic E-state index is 6.20. The minimum Gasteiger partial charge on any atom is -1.00 e. The number of likely N-dealkylation sites (N-methyl/N-ethyl adjacent to an activating group) is 1. The summed E-state index contributed by atoms with van der Waals surface area (Å²) in [7, 11) is 2.47. The third-order valence-corrected chi connectivity index (χ3v) is 4.98. The van der Waals surface area contributed by atoms with E-state index in [4.69, 9.17) is 4.74 Å². The van der Waals surface area contributed by atoms with Crippen LogP contribution in [0.3, 0.4) is 0 Å². The Labute approximate surface area is 116 Å². The molecule has 2 bridgehead atoms. The molecular formula is C13H24INO. The van der Waals surface area contributed by atoms with Crippen molar-refractivity contribution in [2.75, 3.05) is 20.1 Å². The first-order valence-corrected chi connectivity index (χ1v) is 6.78. The minimum absolute atomic E-state index is 0. The van der Waals surface area contributed by atoms with E-state index in [0.717, 1.165) is 6.04 Å². The van der Waals surface area contributed by atoms with Gasteiger partial charge in [-0.15, -0.1) is 0 Å². The summed E-state index contributed by atoms with van der Waals surface area (Å²) >= 11 is 0. The van der Waals surface area contributed by atoms with Gasteiger partial charge in [-0.25, -0.2) is 0 Å². The van der Waals surface area contributed by atoms with Crippen LogP contribution in [0.2, 0.25) is 0 Å². The SMILES string of the molecule is C[N+]1(C2CCC3CCCC2O3)CCCC1.[I-]. The Morgan fingerprint density at radius 1 is 0.938 bits per heavy atom. The van der Waals surface area contributed by atoms with Gasteiger partial charge in [-0.3, -0.25) is 0 Å². The Morgan fingerprint density at radius 2 is 1.69 bits per heavy atom. The number of halogens is 1. The van der Waals surface area contributed by atoms with Crippen molar-refractivity contribution in [2.45, 2.75) is 63.2 Å². The molecule has 0 aliphatic carbocycles. The number of fused-ring (bicyclic) bond motifs is 2. The zero-order valence-electron chi connectivity index (χ0n) is 10.3. The van der Waals surface area contributed by atoms with Crippen LogP contribution in [-0.2, 0) is 4.74 Å². The lowest BCUT2D eigenvalue weighted by molar-refractivity contribution is -0.927. The van der Waals surface area contributed by atoms with Crippen molar-refractivity contribution in [3.05, 3.63) is 0 Å². The monoisotopic (exact) mass is 337 g/mol. The van der Waals surface area contributed by atoms with Gasteiger partial charge in [0.2, 0.25) is 0 Å². The molecule has 3 aliphatic rings. The topological polar surface area (TPSA) is 9.23 Å². The summed E-state index contributed by atoms with van der Waals surface area (Å²) in [5.74, 6) is 0. The predicted molar refractivity (Wildman–Crippen MR) is 60.7 cm³/mol. The Morgan fingerprint density at radius 3 is 2.44 bits per heavy atom. The Hall–Kier alpha value is 0.650. The molecule has 3 fully saturated rings. The summed E-state index contributed by atoms with van der Waals surface area (Å²) in [6, 6.07) is 0.823. The van der Waals surface area contributed by atoms with Gasteiger partial charge in [0.05, 0.1) is 26.2 Å². The van der Waals surface area contributed by atoms with E-state index in [2.05, 4.69) is 7.05 Å². The molecule has 0 N–H and O–H groups in total. The predicted octanol–water partition coefficient (Wildman–Crippen LogP) is -0.669. The fourth-order valence-corrected chi connectivity index (χ4v) is 4.07. The van der Waals surface area contributed by atoms with Crippen LogP contribution in [0, 0.1) is 0 Å². The fraction of sp³-hybridized carbons (Fsp3) is 1.00. The smallest absolute Gasteiger partial charge is 0.115 e. The second kappa shape index (κ2) is 5.11. The highest BCUT2D eigenvalue weighted by atomic mass is 127. The lowest BCUT2D eigenvalue weighted by Crippen LogP contribution is -3.00. The van der Waals surface area contributed by atoms with Crippen molar-refractivity contribution < 1.29 is 33.2 Å². The summed E-state index contributed by atoms with van der Waals surface area (Å²) in [4.78, 5) is 0. The molecule has 3 aliphatic heterocycles. The summed E-state index contributed by atoms with van der Waals surface area (Å²) < 4.78 is 7.51. The molecule has 0 spiro atoms. The molecule has 2 nitrogen and oxygen atoms in total. The lowest BCUT2D eigenvalue weighted by atomic mass is 9.86. The summed E-state index contributed by atoms with van der Waals surface area (Å²) in [6.07, 6.45) is 10.9. The van der Waals surface area contributed by atoms with Gasteiger partial charge in [0, 0.05) is 19.3 Å². The lowest BCUT2D eigenvalue weighted by Gasteiger charge is -2.48. The Balaban J connectivity index is 0.000000963. The van der Waals surface area contributed by atoms with Crippen LogP contribution in [0.1, 0.15) is 44.9 Å². The normalized spacial score (nSPS) is 41.4. The first-order chi connectivity index (χ1) is 7.28. The second-order valence-corrected chi connectivity index (χ2v) is 6.01. The molecule has 0 saturated carbocycles. The van der Waals surface area contributed by atoms with Gasteiger partial charge in [-0.05, 0) is 25.7 Å². The van der Waals surface area contributed by atoms with Crippen molar-refractivity contribution in [3.63, 3.8) is 0 Å². The third-order valence-electron chi connectivity index (χ3n) is 4.98. The largest absolute Gasteiger partial charge is 1.00 e. The van der Waals surface area contributed by atoms with Gasteiger partial charge in [0.15, 0.2) is 0 Å². The van der Waals surface area contributed by atoms with Gasteiger partial charge >= 0.3 is 0 Å².